The molecule has 2 heterocycles. The molecule has 0 aliphatic carbocycles. The molecule has 1 fully saturated rings. The van der Waals surface area contributed by atoms with E-state index in [1.807, 2.05) is 4.90 Å². The largest absolute Gasteiger partial charge is 0.355 e. The first-order valence-electron chi connectivity index (χ1n) is 4.99. The molecule has 1 aromatic rings. The van der Waals surface area contributed by atoms with E-state index in [9.17, 15) is 8.42 Å². The van der Waals surface area contributed by atoms with Crippen LogP contribution in [-0.2, 0) is 9.84 Å². The summed E-state index contributed by atoms with van der Waals surface area (Å²) in [7, 11) is -3.28. The van der Waals surface area contributed by atoms with Crippen molar-refractivity contribution in [1.29, 1.82) is 0 Å². The van der Waals surface area contributed by atoms with Crippen LogP contribution in [0.25, 0.3) is 0 Å². The van der Waals surface area contributed by atoms with Crippen molar-refractivity contribution in [3.8, 4) is 0 Å². The fourth-order valence-electron chi connectivity index (χ4n) is 1.70. The Morgan fingerprint density at radius 3 is 2.81 bits per heavy atom. The molecule has 6 nitrogen and oxygen atoms in total. The molecule has 1 aliphatic rings. The van der Waals surface area contributed by atoms with Crippen LogP contribution in [0.3, 0.4) is 0 Å². The van der Waals surface area contributed by atoms with E-state index in [-0.39, 0.29) is 11.1 Å². The molecule has 88 valence electrons. The zero-order valence-corrected chi connectivity index (χ0v) is 9.81. The van der Waals surface area contributed by atoms with E-state index in [1.54, 1.807) is 0 Å². The van der Waals surface area contributed by atoms with Crippen molar-refractivity contribution in [3.05, 3.63) is 12.4 Å². The van der Waals surface area contributed by atoms with E-state index in [0.29, 0.717) is 12.4 Å². The summed E-state index contributed by atoms with van der Waals surface area (Å²) in [6, 6.07) is 1.63. The van der Waals surface area contributed by atoms with Gasteiger partial charge in [-0.1, -0.05) is 0 Å². The van der Waals surface area contributed by atoms with Gasteiger partial charge in [0.25, 0.3) is 0 Å². The third-order valence-corrected chi connectivity index (χ3v) is 3.54. The third-order valence-electron chi connectivity index (χ3n) is 2.56. The zero-order valence-electron chi connectivity index (χ0n) is 9.00. The SMILES string of the molecule is CS(=O)(=O)c1cc(N2CC[C@H](N)C2)ncn1. The average molecular weight is 242 g/mol. The number of rotatable bonds is 2. The van der Waals surface area contributed by atoms with E-state index in [1.165, 1.54) is 12.4 Å². The van der Waals surface area contributed by atoms with Crippen LogP contribution in [0.2, 0.25) is 0 Å². The van der Waals surface area contributed by atoms with E-state index >= 15 is 0 Å². The molecule has 0 bridgehead atoms. The molecule has 0 spiro atoms. The molecule has 1 aromatic heterocycles. The van der Waals surface area contributed by atoms with Gasteiger partial charge in [-0.2, -0.15) is 0 Å². The van der Waals surface area contributed by atoms with Crippen molar-refractivity contribution in [1.82, 2.24) is 9.97 Å². The Hall–Kier alpha value is -1.21. The molecule has 0 saturated carbocycles. The molecule has 2 N–H and O–H groups in total. The molecule has 1 aliphatic heterocycles. The standard InChI is InChI=1S/C9H14N4O2S/c1-16(14,15)9-4-8(11-6-12-9)13-3-2-7(10)5-13/h4,6-7H,2-3,5,10H2,1H3/t7-/m0/s1. The first kappa shape index (κ1) is 11.3. The lowest BCUT2D eigenvalue weighted by atomic mass is 10.3. The van der Waals surface area contributed by atoms with Gasteiger partial charge in [0, 0.05) is 31.5 Å². The molecule has 0 amide bonds. The minimum atomic E-state index is -3.28. The van der Waals surface area contributed by atoms with E-state index in [2.05, 4.69) is 9.97 Å². The predicted octanol–water partition coefficient (Wildman–Crippen LogP) is -0.582. The van der Waals surface area contributed by atoms with Gasteiger partial charge < -0.3 is 10.6 Å². The van der Waals surface area contributed by atoms with Gasteiger partial charge >= 0.3 is 0 Å². The van der Waals surface area contributed by atoms with E-state index in [0.717, 1.165) is 19.2 Å². The number of nitrogens with two attached hydrogens (primary N) is 1. The van der Waals surface area contributed by atoms with Crippen molar-refractivity contribution in [2.24, 2.45) is 5.73 Å². The van der Waals surface area contributed by atoms with Crippen LogP contribution in [-0.4, -0.2) is 43.8 Å². The maximum atomic E-state index is 11.3. The molecular weight excluding hydrogens is 228 g/mol. The Bertz CT molecular complexity index is 488. The number of hydrogen-bond donors (Lipinski definition) is 1. The van der Waals surface area contributed by atoms with Crippen LogP contribution in [0.4, 0.5) is 5.82 Å². The van der Waals surface area contributed by atoms with E-state index in [4.69, 9.17) is 5.73 Å². The number of anilines is 1. The topological polar surface area (TPSA) is 89.2 Å². The highest BCUT2D eigenvalue weighted by Gasteiger charge is 2.21. The maximum absolute atomic E-state index is 11.3. The quantitative estimate of drug-likeness (QED) is 0.698. The molecule has 1 saturated heterocycles. The number of aromatic nitrogens is 2. The van der Waals surface area contributed by atoms with Crippen LogP contribution in [0.1, 0.15) is 6.42 Å². The monoisotopic (exact) mass is 242 g/mol. The van der Waals surface area contributed by atoms with Crippen LogP contribution in [0, 0.1) is 0 Å². The van der Waals surface area contributed by atoms with Crippen LogP contribution >= 0.6 is 0 Å². The van der Waals surface area contributed by atoms with Crippen LogP contribution in [0.5, 0.6) is 0 Å². The van der Waals surface area contributed by atoms with Crippen LogP contribution < -0.4 is 10.6 Å². The predicted molar refractivity (Wildman–Crippen MR) is 59.9 cm³/mol. The van der Waals surface area contributed by atoms with Crippen molar-refractivity contribution in [3.63, 3.8) is 0 Å². The lowest BCUT2D eigenvalue weighted by Crippen LogP contribution is -2.27. The summed E-state index contributed by atoms with van der Waals surface area (Å²) in [5, 5.41) is 0.0537. The summed E-state index contributed by atoms with van der Waals surface area (Å²) in [4.78, 5) is 9.78. The summed E-state index contributed by atoms with van der Waals surface area (Å²) in [5.41, 5.74) is 5.78. The third kappa shape index (κ3) is 2.30. The smallest absolute Gasteiger partial charge is 0.192 e. The Morgan fingerprint density at radius 2 is 2.25 bits per heavy atom. The summed E-state index contributed by atoms with van der Waals surface area (Å²) < 4.78 is 22.7. The minimum Gasteiger partial charge on any atom is -0.355 e. The normalized spacial score (nSPS) is 21.4. The second kappa shape index (κ2) is 3.99. The highest BCUT2D eigenvalue weighted by molar-refractivity contribution is 7.90. The van der Waals surface area contributed by atoms with Gasteiger partial charge in [-0.25, -0.2) is 18.4 Å². The average Bonchev–Trinajstić information content (AvgIpc) is 2.64. The molecule has 2 rings (SSSR count). The Labute approximate surface area is 94.4 Å². The first-order valence-corrected chi connectivity index (χ1v) is 6.88. The second-order valence-corrected chi connectivity index (χ2v) is 5.94. The molecular formula is C9H14N4O2S. The van der Waals surface area contributed by atoms with Gasteiger partial charge in [0.05, 0.1) is 0 Å². The van der Waals surface area contributed by atoms with Crippen molar-refractivity contribution >= 4 is 15.7 Å². The van der Waals surface area contributed by atoms with Crippen molar-refractivity contribution in [2.45, 2.75) is 17.5 Å². The summed E-state index contributed by atoms with van der Waals surface area (Å²) in [6.07, 6.45) is 3.31. The van der Waals surface area contributed by atoms with Crippen LogP contribution in [0.15, 0.2) is 17.4 Å². The molecule has 0 aromatic carbocycles. The van der Waals surface area contributed by atoms with Gasteiger partial charge in [0.15, 0.2) is 14.9 Å². The fourth-order valence-corrected chi connectivity index (χ4v) is 2.26. The molecule has 1 atom stereocenters. The lowest BCUT2D eigenvalue weighted by molar-refractivity contribution is 0.597. The molecule has 0 radical (unpaired) electrons. The highest BCUT2D eigenvalue weighted by Crippen LogP contribution is 2.18. The first-order chi connectivity index (χ1) is 7.47. The number of hydrogen-bond acceptors (Lipinski definition) is 6. The minimum absolute atomic E-state index is 0.0537. The van der Waals surface area contributed by atoms with Crippen molar-refractivity contribution in [2.75, 3.05) is 24.2 Å². The fraction of sp³-hybridized carbons (Fsp3) is 0.556. The van der Waals surface area contributed by atoms with Gasteiger partial charge in [-0.05, 0) is 6.42 Å². The Morgan fingerprint density at radius 1 is 1.50 bits per heavy atom. The lowest BCUT2D eigenvalue weighted by Gasteiger charge is -2.16. The Kier molecular flexibility index (Phi) is 2.81. The molecule has 0 unspecified atom stereocenters. The number of sulfone groups is 1. The van der Waals surface area contributed by atoms with E-state index < -0.39 is 9.84 Å². The summed E-state index contributed by atoms with van der Waals surface area (Å²) in [6.45, 7) is 1.52. The van der Waals surface area contributed by atoms with Gasteiger partial charge in [-0.15, -0.1) is 0 Å². The summed E-state index contributed by atoms with van der Waals surface area (Å²) in [5.74, 6) is 0.628. The van der Waals surface area contributed by atoms with Crippen molar-refractivity contribution < 1.29 is 8.42 Å². The highest BCUT2D eigenvalue weighted by atomic mass is 32.2. The van der Waals surface area contributed by atoms with Gasteiger partial charge in [0.1, 0.15) is 12.1 Å². The maximum Gasteiger partial charge on any atom is 0.192 e. The molecule has 7 heteroatoms. The zero-order chi connectivity index (χ0) is 11.8. The number of nitrogens with zero attached hydrogens (tertiary/aromatic N) is 3. The summed E-state index contributed by atoms with van der Waals surface area (Å²) >= 11 is 0. The van der Waals surface area contributed by atoms with Gasteiger partial charge in [-0.3, -0.25) is 0 Å². The second-order valence-electron chi connectivity index (χ2n) is 3.98. The molecule has 16 heavy (non-hydrogen) atoms. The Balaban J connectivity index is 2.30. The van der Waals surface area contributed by atoms with Gasteiger partial charge in [0.2, 0.25) is 0 Å².